The smallest absolute Gasteiger partial charge is 0.259 e. The topological polar surface area (TPSA) is 68.0 Å². The quantitative estimate of drug-likeness (QED) is 0.879. The van der Waals surface area contributed by atoms with Crippen LogP contribution in [-0.4, -0.2) is 10.9 Å². The third-order valence-electron chi connectivity index (χ3n) is 3.08. The lowest BCUT2D eigenvalue weighted by Gasteiger charge is -2.23. The number of nitrogens with one attached hydrogen (secondary N) is 1. The number of rotatable bonds is 2. The number of carbonyl (C=O) groups excluding carboxylic acids is 1. The molecule has 1 aromatic heterocycles. The summed E-state index contributed by atoms with van der Waals surface area (Å²) in [5.41, 5.74) is 8.43. The zero-order valence-electron chi connectivity index (χ0n) is 12.0. The molecule has 4 nitrogen and oxygen atoms in total. The van der Waals surface area contributed by atoms with Gasteiger partial charge in [0.25, 0.3) is 5.91 Å². The Morgan fingerprint density at radius 2 is 1.90 bits per heavy atom. The number of nitrogen functional groups attached to an aromatic ring is 1. The van der Waals surface area contributed by atoms with Crippen molar-refractivity contribution in [3.8, 4) is 0 Å². The van der Waals surface area contributed by atoms with E-state index >= 15 is 0 Å². The van der Waals surface area contributed by atoms with Crippen LogP contribution < -0.4 is 11.1 Å². The molecule has 0 bridgehead atoms. The minimum atomic E-state index is -0.243. The summed E-state index contributed by atoms with van der Waals surface area (Å²) in [5, 5.41) is 2.92. The molecule has 20 heavy (non-hydrogen) atoms. The maximum absolute atomic E-state index is 12.3. The Balaban J connectivity index is 2.32. The number of pyridine rings is 1. The monoisotopic (exact) mass is 269 g/mol. The number of nitrogens with zero attached hydrogens (tertiary/aromatic N) is 1. The predicted molar refractivity (Wildman–Crippen MR) is 81.7 cm³/mol. The molecular weight excluding hydrogens is 250 g/mol. The molecule has 0 unspecified atom stereocenters. The fourth-order valence-electron chi connectivity index (χ4n) is 2.03. The summed E-state index contributed by atoms with van der Waals surface area (Å²) in [6, 6.07) is 9.39. The van der Waals surface area contributed by atoms with Crippen molar-refractivity contribution in [3.63, 3.8) is 0 Å². The van der Waals surface area contributed by atoms with Crippen molar-refractivity contribution in [1.82, 2.24) is 4.98 Å². The van der Waals surface area contributed by atoms with E-state index in [0.717, 1.165) is 11.3 Å². The largest absolute Gasteiger partial charge is 0.398 e. The van der Waals surface area contributed by atoms with Gasteiger partial charge in [0.1, 0.15) is 0 Å². The molecule has 0 spiro atoms. The van der Waals surface area contributed by atoms with Crippen molar-refractivity contribution in [3.05, 3.63) is 53.9 Å². The van der Waals surface area contributed by atoms with E-state index in [1.807, 2.05) is 24.3 Å². The van der Waals surface area contributed by atoms with Crippen LogP contribution in [0, 0.1) is 0 Å². The summed E-state index contributed by atoms with van der Waals surface area (Å²) < 4.78 is 0. The van der Waals surface area contributed by atoms with Crippen molar-refractivity contribution in [2.24, 2.45) is 0 Å². The third kappa shape index (κ3) is 2.96. The molecule has 2 rings (SSSR count). The average Bonchev–Trinajstić information content (AvgIpc) is 2.38. The van der Waals surface area contributed by atoms with Crippen molar-refractivity contribution in [2.45, 2.75) is 26.2 Å². The summed E-state index contributed by atoms with van der Waals surface area (Å²) >= 11 is 0. The molecule has 0 fully saturated rings. The molecule has 0 aliphatic heterocycles. The van der Waals surface area contributed by atoms with Crippen LogP contribution in [0.3, 0.4) is 0 Å². The molecule has 0 aliphatic carbocycles. The van der Waals surface area contributed by atoms with Crippen LogP contribution >= 0.6 is 0 Å². The summed E-state index contributed by atoms with van der Waals surface area (Å²) in [4.78, 5) is 16.2. The van der Waals surface area contributed by atoms with Crippen LogP contribution in [0.4, 0.5) is 11.4 Å². The highest BCUT2D eigenvalue weighted by atomic mass is 16.1. The van der Waals surface area contributed by atoms with Crippen LogP contribution in [-0.2, 0) is 5.41 Å². The maximum Gasteiger partial charge on any atom is 0.259 e. The summed E-state index contributed by atoms with van der Waals surface area (Å²) in [5.74, 6) is -0.243. The predicted octanol–water partition coefficient (Wildman–Crippen LogP) is 3.21. The van der Waals surface area contributed by atoms with E-state index in [-0.39, 0.29) is 11.3 Å². The van der Waals surface area contributed by atoms with Gasteiger partial charge in [-0.3, -0.25) is 9.78 Å². The Hall–Kier alpha value is -2.36. The molecule has 2 aromatic rings. The second-order valence-electron chi connectivity index (χ2n) is 5.71. The van der Waals surface area contributed by atoms with Gasteiger partial charge in [-0.2, -0.15) is 0 Å². The van der Waals surface area contributed by atoms with Gasteiger partial charge in [-0.15, -0.1) is 0 Å². The molecule has 0 radical (unpaired) electrons. The van der Waals surface area contributed by atoms with E-state index < -0.39 is 0 Å². The van der Waals surface area contributed by atoms with Gasteiger partial charge in [-0.05, 0) is 23.1 Å². The zero-order chi connectivity index (χ0) is 14.8. The van der Waals surface area contributed by atoms with Gasteiger partial charge < -0.3 is 11.1 Å². The summed E-state index contributed by atoms with van der Waals surface area (Å²) in [6.45, 7) is 6.32. The molecule has 1 amide bonds. The molecule has 0 aliphatic rings. The number of amides is 1. The van der Waals surface area contributed by atoms with Gasteiger partial charge in [0.15, 0.2) is 0 Å². The molecule has 0 atom stereocenters. The lowest BCUT2D eigenvalue weighted by atomic mass is 9.86. The zero-order valence-corrected chi connectivity index (χ0v) is 12.0. The number of para-hydroxylation sites is 1. The second-order valence-corrected chi connectivity index (χ2v) is 5.71. The van der Waals surface area contributed by atoms with Crippen LogP contribution in [0.15, 0.2) is 42.7 Å². The highest BCUT2D eigenvalue weighted by Crippen LogP contribution is 2.29. The minimum Gasteiger partial charge on any atom is -0.398 e. The van der Waals surface area contributed by atoms with Crippen LogP contribution in [0.25, 0.3) is 0 Å². The SMILES string of the molecule is CC(C)(C)c1ccccc1NC(=O)c1cnccc1N. The van der Waals surface area contributed by atoms with E-state index in [2.05, 4.69) is 31.1 Å². The van der Waals surface area contributed by atoms with E-state index in [1.165, 1.54) is 6.20 Å². The Bertz CT molecular complexity index is 630. The van der Waals surface area contributed by atoms with Crippen LogP contribution in [0.2, 0.25) is 0 Å². The van der Waals surface area contributed by atoms with Gasteiger partial charge in [0, 0.05) is 23.8 Å². The van der Waals surface area contributed by atoms with E-state index in [4.69, 9.17) is 5.73 Å². The minimum absolute atomic E-state index is 0.0512. The fourth-order valence-corrected chi connectivity index (χ4v) is 2.03. The molecule has 1 aromatic carbocycles. The van der Waals surface area contributed by atoms with Crippen molar-refractivity contribution in [1.29, 1.82) is 0 Å². The summed E-state index contributed by atoms with van der Waals surface area (Å²) in [7, 11) is 0. The van der Waals surface area contributed by atoms with Gasteiger partial charge in [-0.1, -0.05) is 39.0 Å². The Morgan fingerprint density at radius 3 is 2.55 bits per heavy atom. The Labute approximate surface area is 119 Å². The average molecular weight is 269 g/mol. The lowest BCUT2D eigenvalue weighted by Crippen LogP contribution is -2.19. The molecule has 3 N–H and O–H groups in total. The van der Waals surface area contributed by atoms with E-state index in [1.54, 1.807) is 12.3 Å². The maximum atomic E-state index is 12.3. The third-order valence-corrected chi connectivity index (χ3v) is 3.08. The molecular formula is C16H19N3O. The fraction of sp³-hybridized carbons (Fsp3) is 0.250. The number of carbonyl (C=O) groups is 1. The molecule has 4 heteroatoms. The number of aromatic nitrogens is 1. The number of nitrogens with two attached hydrogens (primary N) is 1. The van der Waals surface area contributed by atoms with Crippen LogP contribution in [0.5, 0.6) is 0 Å². The Kier molecular flexibility index (Phi) is 3.74. The molecule has 104 valence electrons. The highest BCUT2D eigenvalue weighted by molar-refractivity contribution is 6.07. The number of hydrogen-bond donors (Lipinski definition) is 2. The standard InChI is InChI=1S/C16H19N3O/c1-16(2,3)12-6-4-5-7-14(12)19-15(20)11-10-18-9-8-13(11)17/h4-10H,1-3H3,(H2,17,18)(H,19,20). The van der Waals surface area contributed by atoms with Crippen molar-refractivity contribution in [2.75, 3.05) is 11.1 Å². The van der Waals surface area contributed by atoms with E-state index in [9.17, 15) is 4.79 Å². The molecule has 1 heterocycles. The van der Waals surface area contributed by atoms with Crippen molar-refractivity contribution < 1.29 is 4.79 Å². The molecule has 0 saturated carbocycles. The lowest BCUT2D eigenvalue weighted by molar-refractivity contribution is 0.102. The first-order valence-electron chi connectivity index (χ1n) is 6.50. The van der Waals surface area contributed by atoms with Gasteiger partial charge in [0.05, 0.1) is 5.56 Å². The summed E-state index contributed by atoms with van der Waals surface area (Å²) in [6.07, 6.45) is 3.04. The molecule has 0 saturated heterocycles. The van der Waals surface area contributed by atoms with Gasteiger partial charge in [0.2, 0.25) is 0 Å². The first-order valence-corrected chi connectivity index (χ1v) is 6.50. The van der Waals surface area contributed by atoms with Gasteiger partial charge in [-0.25, -0.2) is 0 Å². The highest BCUT2D eigenvalue weighted by Gasteiger charge is 2.19. The second kappa shape index (κ2) is 5.33. The van der Waals surface area contributed by atoms with Gasteiger partial charge >= 0.3 is 0 Å². The normalized spacial score (nSPS) is 11.2. The Morgan fingerprint density at radius 1 is 1.20 bits per heavy atom. The van der Waals surface area contributed by atoms with Crippen LogP contribution in [0.1, 0.15) is 36.7 Å². The number of benzene rings is 1. The number of anilines is 2. The van der Waals surface area contributed by atoms with E-state index in [0.29, 0.717) is 11.3 Å². The first kappa shape index (κ1) is 14.1. The first-order chi connectivity index (χ1) is 9.39. The number of hydrogen-bond acceptors (Lipinski definition) is 3. The van der Waals surface area contributed by atoms with Crippen molar-refractivity contribution >= 4 is 17.3 Å².